The highest BCUT2D eigenvalue weighted by atomic mass is 16.5. The van der Waals surface area contributed by atoms with Gasteiger partial charge in [0.2, 0.25) is 0 Å². The Labute approximate surface area is 85.9 Å². The predicted octanol–water partition coefficient (Wildman–Crippen LogP) is 0.642. The third-order valence-electron chi connectivity index (χ3n) is 2.18. The molecule has 0 atom stereocenters. The SMILES string of the molecule is CCCN(CCO)C(=O)C(C)(C)OC. The molecule has 0 aromatic carbocycles. The molecular weight excluding hydrogens is 182 g/mol. The molecule has 0 aliphatic heterocycles. The minimum Gasteiger partial charge on any atom is -0.395 e. The van der Waals surface area contributed by atoms with Gasteiger partial charge < -0.3 is 14.7 Å². The molecule has 0 saturated carbocycles. The minimum absolute atomic E-state index is 0.00840. The quantitative estimate of drug-likeness (QED) is 0.689. The van der Waals surface area contributed by atoms with Crippen molar-refractivity contribution in [2.75, 3.05) is 26.8 Å². The maximum Gasteiger partial charge on any atom is 0.254 e. The van der Waals surface area contributed by atoms with E-state index >= 15 is 0 Å². The topological polar surface area (TPSA) is 49.8 Å². The molecule has 4 nitrogen and oxygen atoms in total. The number of carbonyl (C=O) groups excluding carboxylic acids is 1. The Morgan fingerprint density at radius 1 is 1.43 bits per heavy atom. The van der Waals surface area contributed by atoms with E-state index in [9.17, 15) is 4.79 Å². The van der Waals surface area contributed by atoms with Gasteiger partial charge in [-0.3, -0.25) is 4.79 Å². The smallest absolute Gasteiger partial charge is 0.254 e. The molecule has 1 N–H and O–H groups in total. The van der Waals surface area contributed by atoms with Crippen molar-refractivity contribution in [1.82, 2.24) is 4.90 Å². The third-order valence-corrected chi connectivity index (χ3v) is 2.18. The summed E-state index contributed by atoms with van der Waals surface area (Å²) in [7, 11) is 1.51. The summed E-state index contributed by atoms with van der Waals surface area (Å²) in [6, 6.07) is 0. The monoisotopic (exact) mass is 203 g/mol. The van der Waals surface area contributed by atoms with E-state index in [1.165, 1.54) is 7.11 Å². The first kappa shape index (κ1) is 13.4. The maximum atomic E-state index is 11.9. The molecule has 0 spiro atoms. The van der Waals surface area contributed by atoms with Gasteiger partial charge in [0.05, 0.1) is 6.61 Å². The van der Waals surface area contributed by atoms with Gasteiger partial charge in [0.25, 0.3) is 5.91 Å². The standard InChI is InChI=1S/C10H21NO3/c1-5-6-11(7-8-12)9(13)10(2,3)14-4/h12H,5-8H2,1-4H3. The molecule has 84 valence electrons. The number of ether oxygens (including phenoxy) is 1. The van der Waals surface area contributed by atoms with Gasteiger partial charge >= 0.3 is 0 Å². The number of rotatable bonds is 6. The molecule has 0 unspecified atom stereocenters. The van der Waals surface area contributed by atoms with Gasteiger partial charge in [0, 0.05) is 20.2 Å². The van der Waals surface area contributed by atoms with Crippen molar-refractivity contribution in [2.45, 2.75) is 32.8 Å². The van der Waals surface area contributed by atoms with Crippen molar-refractivity contribution in [1.29, 1.82) is 0 Å². The molecule has 1 amide bonds. The normalized spacial score (nSPS) is 11.5. The van der Waals surface area contributed by atoms with Crippen molar-refractivity contribution in [3.63, 3.8) is 0 Å². The zero-order chi connectivity index (χ0) is 11.2. The van der Waals surface area contributed by atoms with Gasteiger partial charge in [-0.1, -0.05) is 6.92 Å². The van der Waals surface area contributed by atoms with E-state index in [0.717, 1.165) is 6.42 Å². The van der Waals surface area contributed by atoms with E-state index < -0.39 is 5.60 Å². The maximum absolute atomic E-state index is 11.9. The van der Waals surface area contributed by atoms with Crippen LogP contribution in [0, 0.1) is 0 Å². The minimum atomic E-state index is -0.801. The van der Waals surface area contributed by atoms with Crippen molar-refractivity contribution < 1.29 is 14.6 Å². The first-order valence-corrected chi connectivity index (χ1v) is 4.95. The van der Waals surface area contributed by atoms with Crippen LogP contribution in [0.2, 0.25) is 0 Å². The van der Waals surface area contributed by atoms with Crippen molar-refractivity contribution in [3.05, 3.63) is 0 Å². The van der Waals surface area contributed by atoms with E-state index in [1.54, 1.807) is 18.7 Å². The number of nitrogens with zero attached hydrogens (tertiary/aromatic N) is 1. The van der Waals surface area contributed by atoms with Crippen LogP contribution in [0.25, 0.3) is 0 Å². The molecule has 0 radical (unpaired) electrons. The van der Waals surface area contributed by atoms with Gasteiger partial charge in [0.15, 0.2) is 0 Å². The van der Waals surface area contributed by atoms with Gasteiger partial charge in [0.1, 0.15) is 5.60 Å². The highest BCUT2D eigenvalue weighted by molar-refractivity contribution is 5.84. The lowest BCUT2D eigenvalue weighted by Gasteiger charge is -2.30. The highest BCUT2D eigenvalue weighted by Gasteiger charge is 2.31. The number of hydrogen-bond acceptors (Lipinski definition) is 3. The highest BCUT2D eigenvalue weighted by Crippen LogP contribution is 2.12. The van der Waals surface area contributed by atoms with E-state index in [-0.39, 0.29) is 12.5 Å². The molecular formula is C10H21NO3. The number of amides is 1. The van der Waals surface area contributed by atoms with Crippen molar-refractivity contribution in [3.8, 4) is 0 Å². The van der Waals surface area contributed by atoms with E-state index in [1.807, 2.05) is 6.92 Å². The summed E-state index contributed by atoms with van der Waals surface area (Å²) in [6.45, 7) is 6.49. The van der Waals surface area contributed by atoms with E-state index in [4.69, 9.17) is 9.84 Å². The second kappa shape index (κ2) is 5.98. The fourth-order valence-electron chi connectivity index (χ4n) is 1.17. The van der Waals surface area contributed by atoms with Crippen LogP contribution in [0.1, 0.15) is 27.2 Å². The Bertz CT molecular complexity index is 174. The van der Waals surface area contributed by atoms with Gasteiger partial charge in [-0.05, 0) is 20.3 Å². The lowest BCUT2D eigenvalue weighted by molar-refractivity contribution is -0.151. The van der Waals surface area contributed by atoms with Crippen molar-refractivity contribution >= 4 is 5.91 Å². The molecule has 0 aromatic heterocycles. The summed E-state index contributed by atoms with van der Waals surface area (Å²) in [4.78, 5) is 13.5. The molecule has 14 heavy (non-hydrogen) atoms. The molecule has 0 bridgehead atoms. The molecule has 0 rings (SSSR count). The average molecular weight is 203 g/mol. The number of hydrogen-bond donors (Lipinski definition) is 1. The summed E-state index contributed by atoms with van der Waals surface area (Å²) < 4.78 is 5.10. The average Bonchev–Trinajstić information content (AvgIpc) is 2.16. The van der Waals surface area contributed by atoms with E-state index in [0.29, 0.717) is 13.1 Å². The number of aliphatic hydroxyl groups excluding tert-OH is 1. The summed E-state index contributed by atoms with van der Waals surface area (Å²) in [6.07, 6.45) is 0.880. The zero-order valence-corrected chi connectivity index (χ0v) is 9.54. The van der Waals surface area contributed by atoms with Gasteiger partial charge in [-0.2, -0.15) is 0 Å². The first-order valence-electron chi connectivity index (χ1n) is 4.95. The second-order valence-electron chi connectivity index (χ2n) is 3.73. The molecule has 0 aliphatic carbocycles. The summed E-state index contributed by atoms with van der Waals surface area (Å²) in [5.74, 6) is -0.0732. The van der Waals surface area contributed by atoms with Crippen LogP contribution < -0.4 is 0 Å². The molecule has 0 aromatic rings. The third kappa shape index (κ3) is 3.64. The number of carbonyl (C=O) groups is 1. The van der Waals surface area contributed by atoms with Crippen LogP contribution in [0.3, 0.4) is 0 Å². The molecule has 4 heteroatoms. The fraction of sp³-hybridized carbons (Fsp3) is 0.900. The van der Waals surface area contributed by atoms with Gasteiger partial charge in [-0.15, -0.1) is 0 Å². The van der Waals surface area contributed by atoms with Crippen LogP contribution in [0.5, 0.6) is 0 Å². The molecule has 0 saturated heterocycles. The zero-order valence-electron chi connectivity index (χ0n) is 9.54. The van der Waals surface area contributed by atoms with Crippen molar-refractivity contribution in [2.24, 2.45) is 0 Å². The lowest BCUT2D eigenvalue weighted by Crippen LogP contribution is -2.47. The lowest BCUT2D eigenvalue weighted by atomic mass is 10.1. The number of aliphatic hydroxyl groups is 1. The first-order chi connectivity index (χ1) is 6.49. The van der Waals surface area contributed by atoms with Crippen LogP contribution in [0.4, 0.5) is 0 Å². The largest absolute Gasteiger partial charge is 0.395 e. The summed E-state index contributed by atoms with van der Waals surface area (Å²) in [5, 5.41) is 8.82. The molecule has 0 heterocycles. The fourth-order valence-corrected chi connectivity index (χ4v) is 1.17. The summed E-state index contributed by atoms with van der Waals surface area (Å²) in [5.41, 5.74) is -0.801. The molecule has 0 fully saturated rings. The summed E-state index contributed by atoms with van der Waals surface area (Å²) >= 11 is 0. The van der Waals surface area contributed by atoms with Crippen LogP contribution in [-0.2, 0) is 9.53 Å². The second-order valence-corrected chi connectivity index (χ2v) is 3.73. The Kier molecular flexibility index (Phi) is 5.72. The Morgan fingerprint density at radius 2 is 2.00 bits per heavy atom. The van der Waals surface area contributed by atoms with E-state index in [2.05, 4.69) is 0 Å². The molecule has 0 aliphatic rings. The number of methoxy groups -OCH3 is 1. The Balaban J connectivity index is 4.41. The Hall–Kier alpha value is -0.610. The van der Waals surface area contributed by atoms with Crippen LogP contribution in [-0.4, -0.2) is 48.3 Å². The van der Waals surface area contributed by atoms with Gasteiger partial charge in [-0.25, -0.2) is 0 Å². The Morgan fingerprint density at radius 3 is 2.36 bits per heavy atom. The predicted molar refractivity (Wildman–Crippen MR) is 55.0 cm³/mol. The van der Waals surface area contributed by atoms with Crippen LogP contribution in [0.15, 0.2) is 0 Å². The van der Waals surface area contributed by atoms with Crippen LogP contribution >= 0.6 is 0 Å².